The van der Waals surface area contributed by atoms with Gasteiger partial charge in [-0.1, -0.05) is 62.2 Å². The molecular formula is C31H35N3S2. The van der Waals surface area contributed by atoms with Crippen molar-refractivity contribution >= 4 is 50.1 Å². The third-order valence-corrected chi connectivity index (χ3v) is 8.40. The number of rotatable bonds is 8. The fourth-order valence-electron chi connectivity index (χ4n) is 5.17. The maximum Gasteiger partial charge on any atom is 0.175 e. The minimum atomic E-state index is 0.610. The highest BCUT2D eigenvalue weighted by Crippen LogP contribution is 2.38. The zero-order chi connectivity index (χ0) is 24.7. The first kappa shape index (κ1) is 24.9. The number of benzene rings is 3. The van der Waals surface area contributed by atoms with E-state index in [1.54, 1.807) is 0 Å². The first-order chi connectivity index (χ1) is 17.7. The van der Waals surface area contributed by atoms with E-state index in [1.807, 2.05) is 17.4 Å². The van der Waals surface area contributed by atoms with Gasteiger partial charge in [-0.15, -0.1) is 11.3 Å². The highest BCUT2D eigenvalue weighted by Gasteiger charge is 2.22. The average molecular weight is 514 g/mol. The SMILES string of the molecule is CCCCCN1CCC(c2csc3ccc(NC(=S)Nc4ccc(-c5ccccc5)cc4)cc23)CC1. The largest absolute Gasteiger partial charge is 0.332 e. The van der Waals surface area contributed by atoms with Crippen molar-refractivity contribution in [1.82, 2.24) is 4.90 Å². The van der Waals surface area contributed by atoms with Crippen LogP contribution in [0.5, 0.6) is 0 Å². The fraction of sp³-hybridized carbons (Fsp3) is 0.323. The van der Waals surface area contributed by atoms with Crippen LogP contribution in [0.2, 0.25) is 0 Å². The van der Waals surface area contributed by atoms with Crippen molar-refractivity contribution < 1.29 is 0 Å². The second kappa shape index (κ2) is 12.0. The minimum Gasteiger partial charge on any atom is -0.332 e. The molecule has 5 heteroatoms. The van der Waals surface area contributed by atoms with Crippen molar-refractivity contribution in [2.24, 2.45) is 0 Å². The number of hydrogen-bond acceptors (Lipinski definition) is 3. The highest BCUT2D eigenvalue weighted by atomic mass is 32.1. The van der Waals surface area contributed by atoms with Crippen LogP contribution in [-0.2, 0) is 0 Å². The van der Waals surface area contributed by atoms with Crippen LogP contribution in [0.3, 0.4) is 0 Å². The van der Waals surface area contributed by atoms with E-state index in [9.17, 15) is 0 Å². The Morgan fingerprint density at radius 3 is 2.33 bits per heavy atom. The van der Waals surface area contributed by atoms with Gasteiger partial charge in [-0.25, -0.2) is 0 Å². The van der Waals surface area contributed by atoms with Crippen LogP contribution in [0, 0.1) is 0 Å². The molecule has 0 radical (unpaired) electrons. The average Bonchev–Trinajstić information content (AvgIpc) is 3.33. The summed E-state index contributed by atoms with van der Waals surface area (Å²) in [5.74, 6) is 0.657. The Morgan fingerprint density at radius 1 is 0.889 bits per heavy atom. The smallest absolute Gasteiger partial charge is 0.175 e. The Balaban J connectivity index is 1.20. The number of piperidine rings is 1. The van der Waals surface area contributed by atoms with E-state index in [0.29, 0.717) is 11.0 Å². The van der Waals surface area contributed by atoms with E-state index in [0.717, 1.165) is 11.4 Å². The molecule has 0 amide bonds. The minimum absolute atomic E-state index is 0.610. The monoisotopic (exact) mass is 513 g/mol. The maximum absolute atomic E-state index is 5.64. The molecule has 0 spiro atoms. The summed E-state index contributed by atoms with van der Waals surface area (Å²) >= 11 is 7.50. The number of nitrogens with one attached hydrogen (secondary N) is 2. The van der Waals surface area contributed by atoms with Gasteiger partial charge in [0, 0.05) is 16.1 Å². The van der Waals surface area contributed by atoms with Gasteiger partial charge >= 0.3 is 0 Å². The van der Waals surface area contributed by atoms with Gasteiger partial charge in [0.05, 0.1) is 0 Å². The number of unbranched alkanes of at least 4 members (excludes halogenated alkanes) is 2. The number of likely N-dealkylation sites (tertiary alicyclic amines) is 1. The van der Waals surface area contributed by atoms with Crippen LogP contribution >= 0.6 is 23.6 Å². The van der Waals surface area contributed by atoms with E-state index in [2.05, 4.69) is 94.6 Å². The molecule has 0 aliphatic carbocycles. The van der Waals surface area contributed by atoms with Gasteiger partial charge in [0.25, 0.3) is 0 Å². The molecule has 3 nitrogen and oxygen atoms in total. The van der Waals surface area contributed by atoms with Crippen molar-refractivity contribution in [3.05, 3.63) is 83.7 Å². The molecule has 3 aromatic carbocycles. The lowest BCUT2D eigenvalue weighted by atomic mass is 9.89. The van der Waals surface area contributed by atoms with E-state index in [-0.39, 0.29) is 0 Å². The molecule has 0 bridgehead atoms. The Hall–Kier alpha value is -2.73. The summed E-state index contributed by atoms with van der Waals surface area (Å²) in [6, 6.07) is 25.4. The van der Waals surface area contributed by atoms with E-state index >= 15 is 0 Å². The van der Waals surface area contributed by atoms with Gasteiger partial charge in [0.2, 0.25) is 0 Å². The molecule has 0 saturated carbocycles. The van der Waals surface area contributed by atoms with Crippen LogP contribution in [0.25, 0.3) is 21.2 Å². The first-order valence-electron chi connectivity index (χ1n) is 13.2. The molecule has 1 aliphatic rings. The van der Waals surface area contributed by atoms with Crippen LogP contribution in [-0.4, -0.2) is 29.6 Å². The standard InChI is InChI=1S/C31H35N3S2/c1-2-3-7-18-34-19-16-25(17-20-34)29-22-36-30-15-14-27(21-28(29)30)33-31(35)32-26-12-10-24(11-13-26)23-8-5-4-6-9-23/h4-6,8-15,21-22,25H,2-3,7,16-20H2,1H3,(H2,32,33,35). The van der Waals surface area contributed by atoms with Crippen molar-refractivity contribution in [2.75, 3.05) is 30.3 Å². The molecule has 1 aliphatic heterocycles. The summed E-state index contributed by atoms with van der Waals surface area (Å²) in [4.78, 5) is 2.66. The fourth-order valence-corrected chi connectivity index (χ4v) is 6.43. The van der Waals surface area contributed by atoms with Gasteiger partial charge < -0.3 is 15.5 Å². The number of hydrogen-bond donors (Lipinski definition) is 2. The lowest BCUT2D eigenvalue weighted by molar-refractivity contribution is 0.209. The molecule has 186 valence electrons. The molecule has 2 heterocycles. The Labute approximate surface area is 224 Å². The lowest BCUT2D eigenvalue weighted by Gasteiger charge is -2.32. The molecule has 5 rings (SSSR count). The van der Waals surface area contributed by atoms with Crippen molar-refractivity contribution in [3.8, 4) is 11.1 Å². The molecule has 0 unspecified atom stereocenters. The van der Waals surface area contributed by atoms with Crippen LogP contribution in [0.1, 0.15) is 50.5 Å². The van der Waals surface area contributed by atoms with Gasteiger partial charge in [-0.05, 0) is 115 Å². The number of fused-ring (bicyclic) bond motifs is 1. The van der Waals surface area contributed by atoms with Gasteiger partial charge in [-0.2, -0.15) is 0 Å². The molecule has 2 N–H and O–H groups in total. The third kappa shape index (κ3) is 6.15. The summed E-state index contributed by atoms with van der Waals surface area (Å²) in [6.45, 7) is 5.99. The molecule has 1 fully saturated rings. The quantitative estimate of drug-likeness (QED) is 0.182. The van der Waals surface area contributed by atoms with Crippen LogP contribution in [0.4, 0.5) is 11.4 Å². The predicted octanol–water partition coefficient (Wildman–Crippen LogP) is 8.75. The molecule has 1 saturated heterocycles. The van der Waals surface area contributed by atoms with E-state index in [4.69, 9.17) is 12.2 Å². The van der Waals surface area contributed by atoms with Crippen molar-refractivity contribution in [1.29, 1.82) is 0 Å². The third-order valence-electron chi connectivity index (χ3n) is 7.22. The Morgan fingerprint density at radius 2 is 1.58 bits per heavy atom. The summed E-state index contributed by atoms with van der Waals surface area (Å²) in [5, 5.41) is 11.1. The zero-order valence-corrected chi connectivity index (χ0v) is 22.6. The topological polar surface area (TPSA) is 27.3 Å². The molecule has 0 atom stereocenters. The number of thiophene rings is 1. The Bertz CT molecular complexity index is 1270. The zero-order valence-electron chi connectivity index (χ0n) is 21.0. The summed E-state index contributed by atoms with van der Waals surface area (Å²) in [6.07, 6.45) is 6.50. The summed E-state index contributed by atoms with van der Waals surface area (Å²) < 4.78 is 1.36. The second-order valence-corrected chi connectivity index (χ2v) is 11.1. The van der Waals surface area contributed by atoms with E-state index in [1.165, 1.54) is 78.5 Å². The number of anilines is 2. The van der Waals surface area contributed by atoms with Crippen LogP contribution < -0.4 is 10.6 Å². The summed E-state index contributed by atoms with van der Waals surface area (Å²) in [5.41, 5.74) is 5.95. The Kier molecular flexibility index (Phi) is 8.32. The van der Waals surface area contributed by atoms with Gasteiger partial charge in [0.15, 0.2) is 5.11 Å². The highest BCUT2D eigenvalue weighted by molar-refractivity contribution is 7.80. The van der Waals surface area contributed by atoms with Crippen molar-refractivity contribution in [2.45, 2.75) is 44.9 Å². The van der Waals surface area contributed by atoms with Gasteiger partial charge in [-0.3, -0.25) is 0 Å². The number of nitrogens with zero attached hydrogens (tertiary/aromatic N) is 1. The van der Waals surface area contributed by atoms with E-state index < -0.39 is 0 Å². The second-order valence-electron chi connectivity index (χ2n) is 9.75. The molecular weight excluding hydrogens is 478 g/mol. The molecule has 1 aromatic heterocycles. The molecule has 4 aromatic rings. The van der Waals surface area contributed by atoms with Crippen molar-refractivity contribution in [3.63, 3.8) is 0 Å². The van der Waals surface area contributed by atoms with Gasteiger partial charge in [0.1, 0.15) is 0 Å². The predicted molar refractivity (Wildman–Crippen MR) is 161 cm³/mol. The number of thiocarbonyl (C=S) groups is 1. The normalized spacial score (nSPS) is 14.7. The lowest BCUT2D eigenvalue weighted by Crippen LogP contribution is -2.33. The van der Waals surface area contributed by atoms with Crippen LogP contribution in [0.15, 0.2) is 78.2 Å². The summed E-state index contributed by atoms with van der Waals surface area (Å²) in [7, 11) is 0. The molecule has 36 heavy (non-hydrogen) atoms. The maximum atomic E-state index is 5.64. The first-order valence-corrected chi connectivity index (χ1v) is 14.5.